The summed E-state index contributed by atoms with van der Waals surface area (Å²) in [6, 6.07) is 4.69. The summed E-state index contributed by atoms with van der Waals surface area (Å²) >= 11 is 0. The number of amides is 1. The van der Waals surface area contributed by atoms with Gasteiger partial charge in [0, 0.05) is 11.6 Å². The molecule has 0 aliphatic carbocycles. The standard InChI is InChI=1S/C14H16N4O3/c1-7(2)11-16-12(18-17-11)13(19)15-10-6-4-5-9(8(10)3)14(20)21/h4-7H,1-3H3,(H,15,19)(H,20,21)(H,16,17,18). The molecule has 1 aromatic heterocycles. The molecule has 0 saturated carbocycles. The Morgan fingerprint density at radius 3 is 2.62 bits per heavy atom. The molecule has 3 N–H and O–H groups in total. The molecule has 110 valence electrons. The van der Waals surface area contributed by atoms with Crippen molar-refractivity contribution in [3.63, 3.8) is 0 Å². The van der Waals surface area contributed by atoms with Crippen molar-refractivity contribution in [3.05, 3.63) is 41.0 Å². The van der Waals surface area contributed by atoms with Gasteiger partial charge in [0.15, 0.2) is 0 Å². The van der Waals surface area contributed by atoms with Gasteiger partial charge in [-0.2, -0.15) is 0 Å². The molecule has 21 heavy (non-hydrogen) atoms. The number of anilines is 1. The topological polar surface area (TPSA) is 108 Å². The fourth-order valence-electron chi connectivity index (χ4n) is 1.82. The monoisotopic (exact) mass is 288 g/mol. The largest absolute Gasteiger partial charge is 0.478 e. The Morgan fingerprint density at radius 1 is 1.33 bits per heavy atom. The lowest BCUT2D eigenvalue weighted by Gasteiger charge is -2.08. The first-order chi connectivity index (χ1) is 9.90. The van der Waals surface area contributed by atoms with E-state index in [-0.39, 0.29) is 17.3 Å². The van der Waals surface area contributed by atoms with Crippen LogP contribution in [0.5, 0.6) is 0 Å². The van der Waals surface area contributed by atoms with E-state index in [4.69, 9.17) is 5.11 Å². The van der Waals surface area contributed by atoms with Gasteiger partial charge in [-0.05, 0) is 24.6 Å². The van der Waals surface area contributed by atoms with Crippen LogP contribution in [0.25, 0.3) is 0 Å². The number of H-pyrrole nitrogens is 1. The molecule has 0 saturated heterocycles. The normalized spacial score (nSPS) is 10.7. The van der Waals surface area contributed by atoms with Crippen LogP contribution in [0.4, 0.5) is 5.69 Å². The Labute approximate surface area is 121 Å². The number of carbonyl (C=O) groups is 2. The lowest BCUT2D eigenvalue weighted by molar-refractivity contribution is 0.0695. The zero-order chi connectivity index (χ0) is 15.6. The number of aromatic amines is 1. The first-order valence-corrected chi connectivity index (χ1v) is 6.46. The summed E-state index contributed by atoms with van der Waals surface area (Å²) in [6.45, 7) is 5.50. The second kappa shape index (κ2) is 5.74. The predicted octanol–water partition coefficient (Wildman–Crippen LogP) is 2.19. The molecule has 0 spiro atoms. The molecule has 7 heteroatoms. The lowest BCUT2D eigenvalue weighted by atomic mass is 10.1. The van der Waals surface area contributed by atoms with Gasteiger partial charge in [0.2, 0.25) is 5.82 Å². The molecule has 0 aliphatic heterocycles. The van der Waals surface area contributed by atoms with E-state index < -0.39 is 11.9 Å². The molecule has 0 fully saturated rings. The second-order valence-electron chi connectivity index (χ2n) is 4.94. The van der Waals surface area contributed by atoms with Crippen LogP contribution in [-0.4, -0.2) is 32.2 Å². The minimum Gasteiger partial charge on any atom is -0.478 e. The third-order valence-electron chi connectivity index (χ3n) is 3.07. The summed E-state index contributed by atoms with van der Waals surface area (Å²) in [7, 11) is 0. The van der Waals surface area contributed by atoms with Crippen LogP contribution in [0.2, 0.25) is 0 Å². The number of benzene rings is 1. The van der Waals surface area contributed by atoms with E-state index in [1.807, 2.05) is 13.8 Å². The molecule has 7 nitrogen and oxygen atoms in total. The highest BCUT2D eigenvalue weighted by Gasteiger charge is 2.17. The van der Waals surface area contributed by atoms with Gasteiger partial charge in [0.25, 0.3) is 5.91 Å². The molecule has 2 aromatic rings. The first-order valence-electron chi connectivity index (χ1n) is 6.46. The molecule has 0 unspecified atom stereocenters. The Morgan fingerprint density at radius 2 is 2.05 bits per heavy atom. The van der Waals surface area contributed by atoms with E-state index in [9.17, 15) is 9.59 Å². The van der Waals surface area contributed by atoms with Gasteiger partial charge in [-0.25, -0.2) is 9.78 Å². The number of carbonyl (C=O) groups excluding carboxylic acids is 1. The fourth-order valence-corrected chi connectivity index (χ4v) is 1.82. The van der Waals surface area contributed by atoms with Gasteiger partial charge in [0.05, 0.1) is 5.56 Å². The van der Waals surface area contributed by atoms with Crippen molar-refractivity contribution in [2.75, 3.05) is 5.32 Å². The summed E-state index contributed by atoms with van der Waals surface area (Å²) in [4.78, 5) is 27.2. The van der Waals surface area contributed by atoms with E-state index in [1.165, 1.54) is 6.07 Å². The van der Waals surface area contributed by atoms with Gasteiger partial charge in [-0.3, -0.25) is 9.89 Å². The number of hydrogen-bond acceptors (Lipinski definition) is 4. The third kappa shape index (κ3) is 3.07. The number of aromatic carboxylic acids is 1. The minimum atomic E-state index is -1.04. The molecular formula is C14H16N4O3. The van der Waals surface area contributed by atoms with Gasteiger partial charge >= 0.3 is 5.97 Å². The first kappa shape index (κ1) is 14.7. The minimum absolute atomic E-state index is 0.0267. The highest BCUT2D eigenvalue weighted by molar-refractivity contribution is 6.03. The number of aromatic nitrogens is 3. The van der Waals surface area contributed by atoms with E-state index in [0.29, 0.717) is 17.1 Å². The average molecular weight is 288 g/mol. The van der Waals surface area contributed by atoms with Gasteiger partial charge in [-0.15, -0.1) is 5.10 Å². The van der Waals surface area contributed by atoms with E-state index in [0.717, 1.165) is 0 Å². The van der Waals surface area contributed by atoms with E-state index in [1.54, 1.807) is 19.1 Å². The van der Waals surface area contributed by atoms with Crippen LogP contribution < -0.4 is 5.32 Å². The van der Waals surface area contributed by atoms with Crippen molar-refractivity contribution in [2.24, 2.45) is 0 Å². The predicted molar refractivity (Wildman–Crippen MR) is 76.6 cm³/mol. The van der Waals surface area contributed by atoms with Crippen molar-refractivity contribution in [1.82, 2.24) is 15.2 Å². The zero-order valence-electron chi connectivity index (χ0n) is 12.0. The van der Waals surface area contributed by atoms with Crippen molar-refractivity contribution in [1.29, 1.82) is 0 Å². The van der Waals surface area contributed by atoms with Gasteiger partial charge in [0.1, 0.15) is 5.82 Å². The quantitative estimate of drug-likeness (QED) is 0.799. The maximum absolute atomic E-state index is 12.1. The van der Waals surface area contributed by atoms with Crippen LogP contribution >= 0.6 is 0 Å². The Balaban J connectivity index is 2.23. The smallest absolute Gasteiger partial charge is 0.336 e. The molecule has 0 atom stereocenters. The van der Waals surface area contributed by atoms with Crippen molar-refractivity contribution in [3.8, 4) is 0 Å². The summed E-state index contributed by atoms with van der Waals surface area (Å²) in [6.07, 6.45) is 0. The van der Waals surface area contributed by atoms with Crippen LogP contribution in [-0.2, 0) is 0 Å². The third-order valence-corrected chi connectivity index (χ3v) is 3.07. The van der Waals surface area contributed by atoms with E-state index in [2.05, 4.69) is 20.5 Å². The van der Waals surface area contributed by atoms with Gasteiger partial charge in [-0.1, -0.05) is 19.9 Å². The number of rotatable bonds is 4. The highest BCUT2D eigenvalue weighted by atomic mass is 16.4. The fraction of sp³-hybridized carbons (Fsp3) is 0.286. The number of nitrogens with zero attached hydrogens (tertiary/aromatic N) is 2. The molecule has 0 radical (unpaired) electrons. The molecule has 0 bridgehead atoms. The SMILES string of the molecule is Cc1c(NC(=O)c2n[nH]c(C(C)C)n2)cccc1C(=O)O. The van der Waals surface area contributed by atoms with Crippen LogP contribution in [0.1, 0.15) is 52.1 Å². The molecular weight excluding hydrogens is 272 g/mol. The molecule has 1 heterocycles. The Bertz CT molecular complexity index is 691. The van der Waals surface area contributed by atoms with Crippen LogP contribution in [0.3, 0.4) is 0 Å². The number of carboxylic acids is 1. The number of nitrogens with one attached hydrogen (secondary N) is 2. The maximum atomic E-state index is 12.1. The summed E-state index contributed by atoms with van der Waals surface area (Å²) in [5.41, 5.74) is 1.06. The molecule has 0 aliphatic rings. The van der Waals surface area contributed by atoms with Crippen molar-refractivity contribution < 1.29 is 14.7 Å². The molecule has 1 aromatic carbocycles. The second-order valence-corrected chi connectivity index (χ2v) is 4.94. The van der Waals surface area contributed by atoms with Crippen molar-refractivity contribution >= 4 is 17.6 Å². The van der Waals surface area contributed by atoms with Crippen LogP contribution in [0, 0.1) is 6.92 Å². The highest BCUT2D eigenvalue weighted by Crippen LogP contribution is 2.19. The molecule has 2 rings (SSSR count). The van der Waals surface area contributed by atoms with E-state index >= 15 is 0 Å². The Kier molecular flexibility index (Phi) is 4.02. The average Bonchev–Trinajstić information content (AvgIpc) is 2.90. The number of carboxylic acid groups (broad SMARTS) is 1. The summed E-state index contributed by atoms with van der Waals surface area (Å²) in [5, 5.41) is 18.2. The van der Waals surface area contributed by atoms with Crippen molar-refractivity contribution in [2.45, 2.75) is 26.7 Å². The summed E-state index contributed by atoms with van der Waals surface area (Å²) in [5.74, 6) is -0.738. The Hall–Kier alpha value is -2.70. The zero-order valence-corrected chi connectivity index (χ0v) is 12.0. The lowest BCUT2D eigenvalue weighted by Crippen LogP contribution is -2.15. The van der Waals surface area contributed by atoms with Crippen LogP contribution in [0.15, 0.2) is 18.2 Å². The molecule has 1 amide bonds. The number of hydrogen-bond donors (Lipinski definition) is 3. The van der Waals surface area contributed by atoms with Gasteiger partial charge < -0.3 is 10.4 Å². The summed E-state index contributed by atoms with van der Waals surface area (Å²) < 4.78 is 0. The maximum Gasteiger partial charge on any atom is 0.336 e.